The molecule has 0 atom stereocenters. The molecule has 1 aliphatic carbocycles. The van der Waals surface area contributed by atoms with Gasteiger partial charge in [0.2, 0.25) is 0 Å². The lowest BCUT2D eigenvalue weighted by molar-refractivity contribution is 0.119. The molecule has 1 aliphatic heterocycles. The van der Waals surface area contributed by atoms with E-state index in [0.717, 1.165) is 74.0 Å². The van der Waals surface area contributed by atoms with Crippen LogP contribution in [-0.4, -0.2) is 75.0 Å². The Kier molecular flexibility index (Phi) is 10.8. The largest absolute Gasteiger partial charge is 0.380 e. The van der Waals surface area contributed by atoms with Crippen LogP contribution < -0.4 is 11.2 Å². The summed E-state index contributed by atoms with van der Waals surface area (Å²) < 4.78 is 54.6. The maximum Gasteiger partial charge on any atom is 0.337 e. The van der Waals surface area contributed by atoms with Crippen molar-refractivity contribution in [3.63, 3.8) is 0 Å². The van der Waals surface area contributed by atoms with Gasteiger partial charge in [-0.1, -0.05) is 36.4 Å². The lowest BCUT2D eigenvalue weighted by atomic mass is 9.89. The lowest BCUT2D eigenvalue weighted by Gasteiger charge is -2.36. The first kappa shape index (κ1) is 39.7. The van der Waals surface area contributed by atoms with Gasteiger partial charge < -0.3 is 13.5 Å². The lowest BCUT2D eigenvalue weighted by Crippen LogP contribution is -2.45. The van der Waals surface area contributed by atoms with Gasteiger partial charge in [0.1, 0.15) is 28.7 Å². The fourth-order valence-electron chi connectivity index (χ4n) is 9.18. The second-order valence-electron chi connectivity index (χ2n) is 16.4. The average molecular weight is 840 g/mol. The van der Waals surface area contributed by atoms with E-state index in [2.05, 4.69) is 39.0 Å². The first-order valence-corrected chi connectivity index (χ1v) is 21.1. The normalized spacial score (nSPS) is 17.7. The number of imidazole rings is 2. The van der Waals surface area contributed by atoms with Gasteiger partial charge in [-0.3, -0.25) is 19.2 Å². The summed E-state index contributed by atoms with van der Waals surface area (Å²) in [5, 5.41) is 0.0218. The number of hydrogen-bond acceptors (Lipinski definition) is 8. The van der Waals surface area contributed by atoms with Gasteiger partial charge in [-0.05, 0) is 91.3 Å². The topological polar surface area (TPSA) is 107 Å². The molecule has 0 unspecified atom stereocenters. The van der Waals surface area contributed by atoms with Crippen LogP contribution in [0.3, 0.4) is 0 Å². The van der Waals surface area contributed by atoms with Crippen LogP contribution in [0.1, 0.15) is 55.1 Å². The maximum atomic E-state index is 14.8. The molecule has 0 N–H and O–H groups in total. The number of fused-ring (bicyclic) bond motifs is 3. The Morgan fingerprint density at radius 3 is 2.10 bits per heavy atom. The van der Waals surface area contributed by atoms with E-state index in [1.165, 1.54) is 39.2 Å². The van der Waals surface area contributed by atoms with Gasteiger partial charge in [0, 0.05) is 76.2 Å². The maximum absolute atomic E-state index is 14.8. The SMILES string of the molecule is O=c1c2cc(F)cnc2n(-c2cccc(-c3ccc(CN4CCCOCC4)cc3)c2)c(=O)n1C1CCC(N(Cc2cn3cc(F)ccc3n2)Cc2cn3cc(F)ccc3n2)CC1. The van der Waals surface area contributed by atoms with Crippen molar-refractivity contribution in [1.29, 1.82) is 0 Å². The van der Waals surface area contributed by atoms with Crippen molar-refractivity contribution in [3.05, 3.63) is 165 Å². The fraction of sp³-hybridized carbons (Fsp3) is 0.298. The molecule has 6 aromatic heterocycles. The van der Waals surface area contributed by atoms with Crippen molar-refractivity contribution >= 4 is 22.3 Å². The third-order valence-corrected chi connectivity index (χ3v) is 12.2. The van der Waals surface area contributed by atoms with Crippen LogP contribution in [0.2, 0.25) is 0 Å². The van der Waals surface area contributed by atoms with E-state index < -0.39 is 23.1 Å². The highest BCUT2D eigenvalue weighted by Gasteiger charge is 2.31. The van der Waals surface area contributed by atoms with Crippen LogP contribution in [0, 0.1) is 17.5 Å². The monoisotopic (exact) mass is 839 g/mol. The minimum atomic E-state index is -0.670. The van der Waals surface area contributed by atoms with Gasteiger partial charge >= 0.3 is 5.69 Å². The molecule has 1 saturated carbocycles. The zero-order valence-corrected chi connectivity index (χ0v) is 33.9. The molecule has 8 aromatic rings. The van der Waals surface area contributed by atoms with Crippen LogP contribution in [0.15, 0.2) is 119 Å². The molecule has 2 aromatic carbocycles. The smallest absolute Gasteiger partial charge is 0.337 e. The molecular formula is C47H44F3N9O3. The highest BCUT2D eigenvalue weighted by Crippen LogP contribution is 2.32. The van der Waals surface area contributed by atoms with E-state index in [1.807, 2.05) is 18.2 Å². The molecule has 7 heterocycles. The summed E-state index contributed by atoms with van der Waals surface area (Å²) in [6, 6.07) is 22.6. The van der Waals surface area contributed by atoms with E-state index in [0.29, 0.717) is 55.8 Å². The van der Waals surface area contributed by atoms with Crippen molar-refractivity contribution in [2.24, 2.45) is 0 Å². The third-order valence-electron chi connectivity index (χ3n) is 12.2. The summed E-state index contributed by atoms with van der Waals surface area (Å²) in [5.41, 5.74) is 5.23. The van der Waals surface area contributed by atoms with Crippen molar-refractivity contribution < 1.29 is 17.9 Å². The van der Waals surface area contributed by atoms with Crippen LogP contribution in [0.4, 0.5) is 13.2 Å². The molecule has 2 fully saturated rings. The standard InChI is InChI=1S/C47H44F3N9O3/c48-34-9-15-43-52-37(29-56(43)25-34)27-55(28-38-30-57-26-35(49)10-16-44(57)53-38)39-11-13-40(14-12-39)59-46(60)42-22-36(50)23-51-45(42)58(47(59)61)41-4-1-3-33(21-41)32-7-5-31(6-8-32)24-54-17-2-19-62-20-18-54/h1,3-10,15-16,21-23,25-26,29-30,39-40H,2,11-14,17-20,24,27-28H2. The number of aromatic nitrogens is 7. The van der Waals surface area contributed by atoms with Crippen molar-refractivity contribution in [2.75, 3.05) is 26.3 Å². The molecule has 12 nitrogen and oxygen atoms in total. The summed E-state index contributed by atoms with van der Waals surface area (Å²) in [6.07, 6.45) is 10.6. The van der Waals surface area contributed by atoms with Gasteiger partial charge in [-0.2, -0.15) is 0 Å². The second kappa shape index (κ2) is 16.8. The highest BCUT2D eigenvalue weighted by molar-refractivity contribution is 5.76. The first-order valence-electron chi connectivity index (χ1n) is 21.1. The molecule has 15 heteroatoms. The minimum absolute atomic E-state index is 0.00622. The Balaban J connectivity index is 0.941. The van der Waals surface area contributed by atoms with Gasteiger partial charge in [0.25, 0.3) is 5.56 Å². The summed E-state index contributed by atoms with van der Waals surface area (Å²) in [6.45, 7) is 5.09. The van der Waals surface area contributed by atoms with E-state index >= 15 is 0 Å². The Labute approximate surface area is 354 Å². The molecule has 10 rings (SSSR count). The van der Waals surface area contributed by atoms with E-state index in [4.69, 9.17) is 14.7 Å². The Morgan fingerprint density at radius 1 is 0.710 bits per heavy atom. The predicted molar refractivity (Wildman–Crippen MR) is 229 cm³/mol. The third kappa shape index (κ3) is 8.06. The minimum Gasteiger partial charge on any atom is -0.380 e. The Morgan fingerprint density at radius 2 is 1.40 bits per heavy atom. The number of ether oxygens (including phenoxy) is 1. The summed E-state index contributed by atoms with van der Waals surface area (Å²) >= 11 is 0. The van der Waals surface area contributed by atoms with Crippen LogP contribution in [0.25, 0.3) is 39.1 Å². The predicted octanol–water partition coefficient (Wildman–Crippen LogP) is 7.34. The summed E-state index contributed by atoms with van der Waals surface area (Å²) in [4.78, 5) is 47.4. The van der Waals surface area contributed by atoms with Gasteiger partial charge in [-0.15, -0.1) is 0 Å². The number of pyridine rings is 3. The van der Waals surface area contributed by atoms with Crippen LogP contribution in [0.5, 0.6) is 0 Å². The van der Waals surface area contributed by atoms with Gasteiger partial charge in [-0.25, -0.2) is 37.5 Å². The van der Waals surface area contributed by atoms with Crippen molar-refractivity contribution in [3.8, 4) is 16.8 Å². The number of halogens is 3. The summed E-state index contributed by atoms with van der Waals surface area (Å²) in [5.74, 6) is -1.41. The average Bonchev–Trinajstić information content (AvgIpc) is 3.77. The van der Waals surface area contributed by atoms with E-state index in [-0.39, 0.29) is 28.7 Å². The quantitative estimate of drug-likeness (QED) is 0.141. The molecule has 316 valence electrons. The molecule has 62 heavy (non-hydrogen) atoms. The highest BCUT2D eigenvalue weighted by atomic mass is 19.1. The second-order valence-corrected chi connectivity index (χ2v) is 16.4. The fourth-order valence-corrected chi connectivity index (χ4v) is 9.18. The molecule has 0 bridgehead atoms. The Bertz CT molecular complexity index is 2950. The van der Waals surface area contributed by atoms with E-state index in [1.54, 1.807) is 39.4 Å². The molecular weight excluding hydrogens is 796 g/mol. The number of nitrogens with zero attached hydrogens (tertiary/aromatic N) is 9. The molecule has 0 radical (unpaired) electrons. The molecule has 1 saturated heterocycles. The number of benzene rings is 2. The molecule has 0 spiro atoms. The first-order chi connectivity index (χ1) is 30.2. The van der Waals surface area contributed by atoms with Crippen LogP contribution in [-0.2, 0) is 24.4 Å². The number of hydrogen-bond donors (Lipinski definition) is 0. The zero-order valence-electron chi connectivity index (χ0n) is 33.9. The molecule has 0 amide bonds. The van der Waals surface area contributed by atoms with Crippen molar-refractivity contribution in [1.82, 2.24) is 42.7 Å². The van der Waals surface area contributed by atoms with Gasteiger partial charge in [0.15, 0.2) is 5.65 Å². The van der Waals surface area contributed by atoms with Crippen LogP contribution >= 0.6 is 0 Å². The zero-order chi connectivity index (χ0) is 42.3. The van der Waals surface area contributed by atoms with E-state index in [9.17, 15) is 22.8 Å². The number of rotatable bonds is 10. The van der Waals surface area contributed by atoms with Crippen molar-refractivity contribution in [2.45, 2.75) is 63.8 Å². The summed E-state index contributed by atoms with van der Waals surface area (Å²) in [7, 11) is 0. The Hall–Kier alpha value is -6.42. The molecule has 2 aliphatic rings. The van der Waals surface area contributed by atoms with Gasteiger partial charge in [0.05, 0.1) is 35.3 Å².